The third-order valence-electron chi connectivity index (χ3n) is 4.75. The highest BCUT2D eigenvalue weighted by Crippen LogP contribution is 2.28. The summed E-state index contributed by atoms with van der Waals surface area (Å²) in [6, 6.07) is 5.53. The van der Waals surface area contributed by atoms with Gasteiger partial charge in [-0.2, -0.15) is 4.31 Å². The lowest BCUT2D eigenvalue weighted by molar-refractivity contribution is -0.0232. The molecule has 1 aromatic carbocycles. The molecule has 116 valence electrons. The SMILES string of the molecule is CC1OCCN(S(=O)(=O)c2ccc3c(c2)CCCC3)C1C. The number of aryl methyl sites for hydroxylation is 2. The van der Waals surface area contributed by atoms with Crippen LogP contribution >= 0.6 is 0 Å². The lowest BCUT2D eigenvalue weighted by Gasteiger charge is -2.36. The largest absolute Gasteiger partial charge is 0.375 e. The lowest BCUT2D eigenvalue weighted by atomic mass is 9.92. The smallest absolute Gasteiger partial charge is 0.243 e. The quantitative estimate of drug-likeness (QED) is 0.842. The predicted octanol–water partition coefficient (Wildman–Crippen LogP) is 2.36. The van der Waals surface area contributed by atoms with E-state index in [1.165, 1.54) is 17.5 Å². The highest BCUT2D eigenvalue weighted by molar-refractivity contribution is 7.89. The van der Waals surface area contributed by atoms with Crippen LogP contribution in [0.1, 0.15) is 37.8 Å². The molecule has 0 bridgehead atoms. The lowest BCUT2D eigenvalue weighted by Crippen LogP contribution is -2.51. The van der Waals surface area contributed by atoms with Crippen molar-refractivity contribution in [2.45, 2.75) is 56.6 Å². The molecule has 1 saturated heterocycles. The molecule has 2 unspecified atom stereocenters. The molecule has 1 aliphatic heterocycles. The number of ether oxygens (including phenoxy) is 1. The van der Waals surface area contributed by atoms with Crippen molar-refractivity contribution in [2.24, 2.45) is 0 Å². The van der Waals surface area contributed by atoms with Crippen LogP contribution in [-0.2, 0) is 27.6 Å². The minimum atomic E-state index is -3.42. The Labute approximate surface area is 127 Å². The summed E-state index contributed by atoms with van der Waals surface area (Å²) in [6.45, 7) is 4.75. The molecule has 0 amide bonds. The van der Waals surface area contributed by atoms with Gasteiger partial charge in [-0.1, -0.05) is 6.07 Å². The van der Waals surface area contributed by atoms with Crippen LogP contribution in [0.3, 0.4) is 0 Å². The number of sulfonamides is 1. The second-order valence-electron chi connectivity index (χ2n) is 6.07. The molecule has 0 saturated carbocycles. The van der Waals surface area contributed by atoms with Gasteiger partial charge in [-0.05, 0) is 62.8 Å². The van der Waals surface area contributed by atoms with Gasteiger partial charge in [-0.3, -0.25) is 0 Å². The van der Waals surface area contributed by atoms with E-state index in [-0.39, 0.29) is 12.1 Å². The number of hydrogen-bond acceptors (Lipinski definition) is 3. The monoisotopic (exact) mass is 309 g/mol. The fourth-order valence-electron chi connectivity index (χ4n) is 3.25. The maximum atomic E-state index is 12.9. The molecule has 1 aromatic rings. The van der Waals surface area contributed by atoms with Gasteiger partial charge in [0.15, 0.2) is 0 Å². The zero-order valence-electron chi connectivity index (χ0n) is 12.7. The summed E-state index contributed by atoms with van der Waals surface area (Å²) in [6.07, 6.45) is 4.36. The van der Waals surface area contributed by atoms with Gasteiger partial charge in [0.2, 0.25) is 10.0 Å². The molecule has 0 radical (unpaired) electrons. The molecule has 5 heteroatoms. The first-order valence-corrected chi connectivity index (χ1v) is 9.19. The van der Waals surface area contributed by atoms with Crippen molar-refractivity contribution in [2.75, 3.05) is 13.2 Å². The molecule has 1 heterocycles. The Kier molecular flexibility index (Phi) is 4.08. The van der Waals surface area contributed by atoms with Crippen LogP contribution in [0.2, 0.25) is 0 Å². The predicted molar refractivity (Wildman–Crippen MR) is 81.9 cm³/mol. The molecule has 2 atom stereocenters. The molecular weight excluding hydrogens is 286 g/mol. The van der Waals surface area contributed by atoms with Gasteiger partial charge in [-0.15, -0.1) is 0 Å². The van der Waals surface area contributed by atoms with E-state index in [2.05, 4.69) is 0 Å². The van der Waals surface area contributed by atoms with Crippen molar-refractivity contribution in [1.82, 2.24) is 4.31 Å². The third-order valence-corrected chi connectivity index (χ3v) is 6.73. The molecule has 1 aliphatic carbocycles. The number of rotatable bonds is 2. The van der Waals surface area contributed by atoms with Crippen LogP contribution in [0.15, 0.2) is 23.1 Å². The van der Waals surface area contributed by atoms with Crippen LogP contribution in [0, 0.1) is 0 Å². The average molecular weight is 309 g/mol. The van der Waals surface area contributed by atoms with Gasteiger partial charge in [-0.25, -0.2) is 8.42 Å². The molecule has 1 fully saturated rings. The standard InChI is InChI=1S/C16H23NO3S/c1-12-13(2)20-10-9-17(12)21(18,19)16-8-7-14-5-3-4-6-15(14)11-16/h7-8,11-13H,3-6,9-10H2,1-2H3. The summed E-state index contributed by atoms with van der Waals surface area (Å²) in [5, 5.41) is 0. The van der Waals surface area contributed by atoms with Crippen LogP contribution in [0.25, 0.3) is 0 Å². The van der Waals surface area contributed by atoms with Crippen molar-refractivity contribution in [3.63, 3.8) is 0 Å². The van der Waals surface area contributed by atoms with E-state index in [4.69, 9.17) is 4.74 Å². The summed E-state index contributed by atoms with van der Waals surface area (Å²) >= 11 is 0. The van der Waals surface area contributed by atoms with Gasteiger partial charge in [0.1, 0.15) is 0 Å². The van der Waals surface area contributed by atoms with E-state index in [1.807, 2.05) is 26.0 Å². The Morgan fingerprint density at radius 1 is 1.14 bits per heavy atom. The summed E-state index contributed by atoms with van der Waals surface area (Å²) in [5.41, 5.74) is 2.51. The van der Waals surface area contributed by atoms with Gasteiger partial charge >= 0.3 is 0 Å². The zero-order chi connectivity index (χ0) is 15.0. The van der Waals surface area contributed by atoms with Gasteiger partial charge < -0.3 is 4.74 Å². The van der Waals surface area contributed by atoms with Gasteiger partial charge in [0.25, 0.3) is 0 Å². The minimum Gasteiger partial charge on any atom is -0.375 e. The molecule has 4 nitrogen and oxygen atoms in total. The Morgan fingerprint density at radius 2 is 1.86 bits per heavy atom. The Bertz CT molecular complexity index is 626. The maximum absolute atomic E-state index is 12.9. The van der Waals surface area contributed by atoms with E-state index in [9.17, 15) is 8.42 Å². The van der Waals surface area contributed by atoms with Crippen LogP contribution in [0.5, 0.6) is 0 Å². The first-order valence-electron chi connectivity index (χ1n) is 7.75. The van der Waals surface area contributed by atoms with E-state index < -0.39 is 10.0 Å². The van der Waals surface area contributed by atoms with Gasteiger partial charge in [0, 0.05) is 12.6 Å². The van der Waals surface area contributed by atoms with Crippen molar-refractivity contribution < 1.29 is 13.2 Å². The number of morpholine rings is 1. The van der Waals surface area contributed by atoms with Crippen molar-refractivity contribution in [1.29, 1.82) is 0 Å². The number of fused-ring (bicyclic) bond motifs is 1. The fraction of sp³-hybridized carbons (Fsp3) is 0.625. The Hall–Kier alpha value is -0.910. The Balaban J connectivity index is 1.94. The first-order chi connectivity index (χ1) is 10.00. The topological polar surface area (TPSA) is 46.6 Å². The molecule has 0 aromatic heterocycles. The van der Waals surface area contributed by atoms with E-state index >= 15 is 0 Å². The molecule has 21 heavy (non-hydrogen) atoms. The maximum Gasteiger partial charge on any atom is 0.243 e. The van der Waals surface area contributed by atoms with E-state index in [0.717, 1.165) is 19.3 Å². The van der Waals surface area contributed by atoms with Crippen LogP contribution < -0.4 is 0 Å². The molecular formula is C16H23NO3S. The normalized spacial score (nSPS) is 27.3. The first kappa shape index (κ1) is 15.0. The second kappa shape index (κ2) is 5.71. The molecule has 2 aliphatic rings. The summed E-state index contributed by atoms with van der Waals surface area (Å²) < 4.78 is 32.9. The Morgan fingerprint density at radius 3 is 2.62 bits per heavy atom. The van der Waals surface area contributed by atoms with E-state index in [1.54, 1.807) is 10.4 Å². The molecule has 0 spiro atoms. The highest BCUT2D eigenvalue weighted by Gasteiger charge is 2.35. The second-order valence-corrected chi connectivity index (χ2v) is 7.96. The summed E-state index contributed by atoms with van der Waals surface area (Å²) in [5.74, 6) is 0. The average Bonchev–Trinajstić information content (AvgIpc) is 2.49. The van der Waals surface area contributed by atoms with E-state index in [0.29, 0.717) is 18.0 Å². The van der Waals surface area contributed by atoms with Crippen LogP contribution in [0.4, 0.5) is 0 Å². The number of hydrogen-bond donors (Lipinski definition) is 0. The number of benzene rings is 1. The highest BCUT2D eigenvalue weighted by atomic mass is 32.2. The van der Waals surface area contributed by atoms with Crippen molar-refractivity contribution in [3.8, 4) is 0 Å². The zero-order valence-corrected chi connectivity index (χ0v) is 13.5. The summed E-state index contributed by atoms with van der Waals surface area (Å²) in [7, 11) is -3.42. The van der Waals surface area contributed by atoms with Gasteiger partial charge in [0.05, 0.1) is 17.6 Å². The fourth-order valence-corrected chi connectivity index (χ4v) is 4.98. The third kappa shape index (κ3) is 2.74. The molecule has 3 rings (SSSR count). The van der Waals surface area contributed by atoms with Crippen molar-refractivity contribution in [3.05, 3.63) is 29.3 Å². The minimum absolute atomic E-state index is 0.0637. The van der Waals surface area contributed by atoms with Crippen LogP contribution in [-0.4, -0.2) is 38.0 Å². The molecule has 0 N–H and O–H groups in total. The summed E-state index contributed by atoms with van der Waals surface area (Å²) in [4.78, 5) is 0.434. The van der Waals surface area contributed by atoms with Crippen molar-refractivity contribution >= 4 is 10.0 Å². The number of nitrogens with zero attached hydrogens (tertiary/aromatic N) is 1.